The number of carbonyl (C=O) groups excluding carboxylic acids is 1. The third-order valence-corrected chi connectivity index (χ3v) is 5.35. The number of fused-ring (bicyclic) bond motifs is 1. The highest BCUT2D eigenvalue weighted by molar-refractivity contribution is 5.81. The minimum Gasteiger partial charge on any atom is -0.354 e. The number of piperidine rings is 1. The van der Waals surface area contributed by atoms with Gasteiger partial charge in [-0.25, -0.2) is 0 Å². The van der Waals surface area contributed by atoms with E-state index in [1.165, 1.54) is 56.9 Å². The van der Waals surface area contributed by atoms with Crippen molar-refractivity contribution in [3.8, 4) is 0 Å². The van der Waals surface area contributed by atoms with E-state index in [4.69, 9.17) is 0 Å². The van der Waals surface area contributed by atoms with E-state index in [0.717, 1.165) is 25.3 Å². The largest absolute Gasteiger partial charge is 0.354 e. The van der Waals surface area contributed by atoms with Gasteiger partial charge in [0.15, 0.2) is 0 Å². The van der Waals surface area contributed by atoms with E-state index in [2.05, 4.69) is 16.7 Å². The molecule has 0 bridgehead atoms. The van der Waals surface area contributed by atoms with E-state index in [9.17, 15) is 4.79 Å². The van der Waals surface area contributed by atoms with Gasteiger partial charge in [-0.2, -0.15) is 0 Å². The molecule has 1 heterocycles. The summed E-state index contributed by atoms with van der Waals surface area (Å²) >= 11 is 0. The highest BCUT2D eigenvalue weighted by Gasteiger charge is 2.34. The molecule has 20 heavy (non-hydrogen) atoms. The SMILES string of the molecule is O=C(NCCC1=CCCC1)C1CCC2CCCCC2N1. The van der Waals surface area contributed by atoms with Gasteiger partial charge in [-0.05, 0) is 57.3 Å². The van der Waals surface area contributed by atoms with Crippen LogP contribution in [0.1, 0.15) is 64.2 Å². The zero-order chi connectivity index (χ0) is 13.8. The average Bonchev–Trinajstić information content (AvgIpc) is 3.00. The molecule has 1 aliphatic heterocycles. The Morgan fingerprint density at radius 2 is 2.10 bits per heavy atom. The van der Waals surface area contributed by atoms with E-state index in [-0.39, 0.29) is 11.9 Å². The Morgan fingerprint density at radius 1 is 1.20 bits per heavy atom. The first-order valence-corrected chi connectivity index (χ1v) is 8.54. The van der Waals surface area contributed by atoms with Gasteiger partial charge in [-0.3, -0.25) is 4.79 Å². The molecule has 3 nitrogen and oxygen atoms in total. The molecule has 2 N–H and O–H groups in total. The van der Waals surface area contributed by atoms with Crippen LogP contribution in [0.15, 0.2) is 11.6 Å². The highest BCUT2D eigenvalue weighted by Crippen LogP contribution is 2.32. The van der Waals surface area contributed by atoms with Crippen LogP contribution in [0.3, 0.4) is 0 Å². The van der Waals surface area contributed by atoms with Crippen LogP contribution in [-0.4, -0.2) is 24.5 Å². The van der Waals surface area contributed by atoms with Gasteiger partial charge in [0.25, 0.3) is 0 Å². The van der Waals surface area contributed by atoms with E-state index in [1.807, 2.05) is 0 Å². The Labute approximate surface area is 122 Å². The molecule has 3 heteroatoms. The maximum absolute atomic E-state index is 12.3. The zero-order valence-electron chi connectivity index (χ0n) is 12.5. The van der Waals surface area contributed by atoms with E-state index >= 15 is 0 Å². The Bertz CT molecular complexity index is 377. The van der Waals surface area contributed by atoms with E-state index < -0.39 is 0 Å². The lowest BCUT2D eigenvalue weighted by Gasteiger charge is -2.39. The summed E-state index contributed by atoms with van der Waals surface area (Å²) < 4.78 is 0. The number of hydrogen-bond donors (Lipinski definition) is 2. The topological polar surface area (TPSA) is 41.1 Å². The number of allylic oxidation sites excluding steroid dienone is 1. The Balaban J connectivity index is 1.40. The molecular formula is C17H28N2O. The first-order chi connectivity index (χ1) is 9.83. The summed E-state index contributed by atoms with van der Waals surface area (Å²) in [6.45, 7) is 0.816. The van der Waals surface area contributed by atoms with Crippen molar-refractivity contribution in [1.82, 2.24) is 10.6 Å². The molecule has 1 saturated heterocycles. The lowest BCUT2D eigenvalue weighted by Crippen LogP contribution is -2.55. The minimum atomic E-state index is 0.0620. The molecular weight excluding hydrogens is 248 g/mol. The molecule has 3 atom stereocenters. The predicted octanol–water partition coefficient (Wildman–Crippen LogP) is 2.91. The Kier molecular flexibility index (Phi) is 4.77. The fourth-order valence-corrected chi connectivity index (χ4v) is 4.14. The number of rotatable bonds is 4. The zero-order valence-corrected chi connectivity index (χ0v) is 12.5. The van der Waals surface area contributed by atoms with Crippen LogP contribution in [0.2, 0.25) is 0 Å². The number of carbonyl (C=O) groups is 1. The van der Waals surface area contributed by atoms with Crippen LogP contribution in [-0.2, 0) is 4.79 Å². The van der Waals surface area contributed by atoms with Crippen molar-refractivity contribution in [3.63, 3.8) is 0 Å². The van der Waals surface area contributed by atoms with Crippen LogP contribution in [0.25, 0.3) is 0 Å². The Hall–Kier alpha value is -0.830. The quantitative estimate of drug-likeness (QED) is 0.775. The number of hydrogen-bond acceptors (Lipinski definition) is 2. The molecule has 2 fully saturated rings. The fraction of sp³-hybridized carbons (Fsp3) is 0.824. The summed E-state index contributed by atoms with van der Waals surface area (Å²) in [5, 5.41) is 6.74. The third-order valence-electron chi connectivity index (χ3n) is 5.35. The minimum absolute atomic E-state index is 0.0620. The van der Waals surface area contributed by atoms with Crippen LogP contribution in [0, 0.1) is 5.92 Å². The smallest absolute Gasteiger partial charge is 0.237 e. The van der Waals surface area contributed by atoms with Crippen LogP contribution in [0.4, 0.5) is 0 Å². The van der Waals surface area contributed by atoms with Crippen molar-refractivity contribution in [3.05, 3.63) is 11.6 Å². The van der Waals surface area contributed by atoms with Gasteiger partial charge < -0.3 is 10.6 Å². The molecule has 112 valence electrons. The second kappa shape index (κ2) is 6.75. The van der Waals surface area contributed by atoms with Crippen molar-refractivity contribution < 1.29 is 4.79 Å². The first kappa shape index (κ1) is 14.1. The van der Waals surface area contributed by atoms with E-state index in [0.29, 0.717) is 6.04 Å². The summed E-state index contributed by atoms with van der Waals surface area (Å²) in [6, 6.07) is 0.665. The van der Waals surface area contributed by atoms with Crippen molar-refractivity contribution >= 4 is 5.91 Å². The molecule has 0 aromatic heterocycles. The molecule has 1 amide bonds. The van der Waals surface area contributed by atoms with Gasteiger partial charge in [-0.15, -0.1) is 0 Å². The Morgan fingerprint density at radius 3 is 2.95 bits per heavy atom. The van der Waals surface area contributed by atoms with Crippen LogP contribution >= 0.6 is 0 Å². The summed E-state index contributed by atoms with van der Waals surface area (Å²) in [5.74, 6) is 1.06. The summed E-state index contributed by atoms with van der Waals surface area (Å²) in [6.07, 6.45) is 14.8. The predicted molar refractivity (Wildman–Crippen MR) is 81.5 cm³/mol. The highest BCUT2D eigenvalue weighted by atomic mass is 16.2. The molecule has 3 rings (SSSR count). The summed E-state index contributed by atoms with van der Waals surface area (Å²) in [7, 11) is 0. The molecule has 3 aliphatic rings. The maximum atomic E-state index is 12.3. The average molecular weight is 276 g/mol. The molecule has 2 aliphatic carbocycles. The van der Waals surface area contributed by atoms with E-state index in [1.54, 1.807) is 0 Å². The maximum Gasteiger partial charge on any atom is 0.237 e. The van der Waals surface area contributed by atoms with Crippen LogP contribution < -0.4 is 10.6 Å². The van der Waals surface area contributed by atoms with Gasteiger partial charge in [0.1, 0.15) is 0 Å². The second-order valence-corrected chi connectivity index (χ2v) is 6.74. The molecule has 0 spiro atoms. The fourth-order valence-electron chi connectivity index (χ4n) is 4.14. The molecule has 0 aromatic carbocycles. The molecule has 0 radical (unpaired) electrons. The lowest BCUT2D eigenvalue weighted by atomic mass is 9.77. The van der Waals surface area contributed by atoms with Crippen LogP contribution in [0.5, 0.6) is 0 Å². The molecule has 1 saturated carbocycles. The third kappa shape index (κ3) is 3.43. The summed E-state index contributed by atoms with van der Waals surface area (Å²) in [5.41, 5.74) is 1.54. The van der Waals surface area contributed by atoms with Gasteiger partial charge in [0.05, 0.1) is 6.04 Å². The normalized spacial score (nSPS) is 33.4. The van der Waals surface area contributed by atoms with Gasteiger partial charge in [-0.1, -0.05) is 24.5 Å². The molecule has 0 aromatic rings. The van der Waals surface area contributed by atoms with Crippen molar-refractivity contribution in [2.45, 2.75) is 76.3 Å². The lowest BCUT2D eigenvalue weighted by molar-refractivity contribution is -0.124. The second-order valence-electron chi connectivity index (χ2n) is 6.74. The number of nitrogens with one attached hydrogen (secondary N) is 2. The molecule has 3 unspecified atom stereocenters. The van der Waals surface area contributed by atoms with Crippen molar-refractivity contribution in [2.75, 3.05) is 6.54 Å². The first-order valence-electron chi connectivity index (χ1n) is 8.54. The van der Waals surface area contributed by atoms with Crippen molar-refractivity contribution in [2.24, 2.45) is 5.92 Å². The van der Waals surface area contributed by atoms with Gasteiger partial charge in [0.2, 0.25) is 5.91 Å². The monoisotopic (exact) mass is 276 g/mol. The summed E-state index contributed by atoms with van der Waals surface area (Å²) in [4.78, 5) is 12.3. The van der Waals surface area contributed by atoms with Gasteiger partial charge >= 0.3 is 0 Å². The van der Waals surface area contributed by atoms with Crippen molar-refractivity contribution in [1.29, 1.82) is 0 Å². The number of amides is 1. The van der Waals surface area contributed by atoms with Gasteiger partial charge in [0, 0.05) is 12.6 Å². The standard InChI is InChI=1S/C17H28N2O/c20-17(18-12-11-13-5-1-2-6-13)16-10-9-14-7-3-4-8-15(14)19-16/h5,14-16,19H,1-4,6-12H2,(H,18,20).